The number of likely N-dealkylation sites (tertiary alicyclic amines) is 1. The second kappa shape index (κ2) is 9.25. The number of benzene rings is 1. The summed E-state index contributed by atoms with van der Waals surface area (Å²) in [5, 5.41) is 16.2. The molecule has 1 aromatic carbocycles. The molecular formula is C27H26F3N5O4. The number of amides is 2. The number of aromatic nitrogens is 2. The first-order chi connectivity index (χ1) is 18.3. The van der Waals surface area contributed by atoms with Crippen molar-refractivity contribution >= 4 is 22.7 Å². The fourth-order valence-corrected chi connectivity index (χ4v) is 5.75. The molecule has 4 atom stereocenters. The Bertz CT molecular complexity index is 1570. The van der Waals surface area contributed by atoms with Gasteiger partial charge in [-0.1, -0.05) is 30.6 Å². The number of aryl methyl sites for hydroxylation is 1. The number of fused-ring (bicyclic) bond motifs is 2. The maximum Gasteiger partial charge on any atom is 0.436 e. The van der Waals surface area contributed by atoms with Gasteiger partial charge in [-0.05, 0) is 47.8 Å². The predicted molar refractivity (Wildman–Crippen MR) is 132 cm³/mol. The van der Waals surface area contributed by atoms with E-state index < -0.39 is 42.2 Å². The molecule has 0 radical (unpaired) electrons. The third-order valence-corrected chi connectivity index (χ3v) is 7.95. The van der Waals surface area contributed by atoms with Crippen LogP contribution in [0.4, 0.5) is 13.2 Å². The minimum Gasteiger partial charge on any atom is -0.360 e. The number of aromatic amines is 1. The number of nitriles is 1. The molecule has 1 saturated heterocycles. The number of nitrogens with one attached hydrogen (secondary N) is 2. The van der Waals surface area contributed by atoms with Crippen LogP contribution in [0, 0.1) is 35.5 Å². The van der Waals surface area contributed by atoms with Gasteiger partial charge in [0.15, 0.2) is 5.69 Å². The van der Waals surface area contributed by atoms with Crippen molar-refractivity contribution in [1.29, 1.82) is 5.26 Å². The summed E-state index contributed by atoms with van der Waals surface area (Å²) in [4.78, 5) is 43.3. The number of nitrogens with zero attached hydrogens (tertiary/aromatic N) is 3. The number of H-pyrrole nitrogens is 1. The third kappa shape index (κ3) is 4.89. The number of carbonyl (C=O) groups is 2. The van der Waals surface area contributed by atoms with E-state index in [-0.39, 0.29) is 41.5 Å². The van der Waals surface area contributed by atoms with E-state index in [1.54, 1.807) is 12.1 Å². The van der Waals surface area contributed by atoms with E-state index in [1.807, 2.05) is 39.0 Å². The molecule has 5 rings (SSSR count). The maximum atomic E-state index is 13.4. The van der Waals surface area contributed by atoms with Crippen molar-refractivity contribution in [2.75, 3.05) is 6.54 Å². The minimum atomic E-state index is -4.70. The molecular weight excluding hydrogens is 515 g/mol. The molecule has 12 heteroatoms. The monoisotopic (exact) mass is 541 g/mol. The number of hydrogen-bond donors (Lipinski definition) is 2. The van der Waals surface area contributed by atoms with Gasteiger partial charge >= 0.3 is 6.18 Å². The standard InChI is InChI=1S/C27H26F3N5O4/c1-13-4-5-19-14(6-13)7-15(24(37)33-19)8-16(11-31)32-25(38)23-22-18(26(22,2)3)12-35(23)21(36)10-17-9-20(34-39-17)27(28,29)30/h4-7,9,16,18,22-23H,8,10,12H2,1-3H3,(H,32,38)(H,33,37)/t16-,18-,22-,23-/m0/s1. The lowest BCUT2D eigenvalue weighted by molar-refractivity contribution is -0.142. The molecule has 1 aliphatic carbocycles. The molecule has 9 nitrogen and oxygen atoms in total. The van der Waals surface area contributed by atoms with Crippen molar-refractivity contribution in [3.63, 3.8) is 0 Å². The van der Waals surface area contributed by atoms with E-state index in [0.29, 0.717) is 17.1 Å². The van der Waals surface area contributed by atoms with Crippen LogP contribution in [-0.2, 0) is 28.6 Å². The number of pyridine rings is 1. The SMILES string of the molecule is Cc1ccc2[nH]c(=O)c(C[C@@H](C#N)NC(=O)[C@@H]3[C@@H]4[C@H](CN3C(=O)Cc3cc(C(F)(F)F)no3)C4(C)C)cc2c1. The van der Waals surface area contributed by atoms with Crippen LogP contribution in [0.2, 0.25) is 0 Å². The maximum absolute atomic E-state index is 13.4. The summed E-state index contributed by atoms with van der Waals surface area (Å²) in [7, 11) is 0. The first-order valence-electron chi connectivity index (χ1n) is 12.4. The molecule has 0 bridgehead atoms. The Kier molecular flexibility index (Phi) is 6.28. The molecule has 204 valence electrons. The summed E-state index contributed by atoms with van der Waals surface area (Å²) in [5.41, 5.74) is 0.160. The first-order valence-corrected chi connectivity index (χ1v) is 12.4. The normalized spacial score (nSPS) is 22.3. The molecule has 2 amide bonds. The summed E-state index contributed by atoms with van der Waals surface area (Å²) in [6, 6.07) is 8.00. The van der Waals surface area contributed by atoms with Crippen molar-refractivity contribution in [3.8, 4) is 6.07 Å². The minimum absolute atomic E-state index is 0.0322. The van der Waals surface area contributed by atoms with Crippen LogP contribution in [0.15, 0.2) is 39.6 Å². The molecule has 2 fully saturated rings. The Morgan fingerprint density at radius 1 is 1.31 bits per heavy atom. The highest BCUT2D eigenvalue weighted by atomic mass is 19.4. The zero-order valence-electron chi connectivity index (χ0n) is 21.4. The Morgan fingerprint density at radius 3 is 2.72 bits per heavy atom. The highest BCUT2D eigenvalue weighted by Gasteiger charge is 2.69. The summed E-state index contributed by atoms with van der Waals surface area (Å²) in [5.74, 6) is -1.52. The molecule has 2 aliphatic rings. The fourth-order valence-electron chi connectivity index (χ4n) is 5.75. The molecule has 39 heavy (non-hydrogen) atoms. The van der Waals surface area contributed by atoms with E-state index >= 15 is 0 Å². The Labute approximate surface area is 221 Å². The van der Waals surface area contributed by atoms with Gasteiger partial charge in [0.25, 0.3) is 5.56 Å². The number of piperidine rings is 1. The number of carbonyl (C=O) groups excluding carboxylic acids is 2. The van der Waals surface area contributed by atoms with Crippen molar-refractivity contribution in [3.05, 3.63) is 63.3 Å². The van der Waals surface area contributed by atoms with Crippen LogP contribution in [0.25, 0.3) is 10.9 Å². The second-order valence-corrected chi connectivity index (χ2v) is 10.9. The average Bonchev–Trinajstić information content (AvgIpc) is 3.26. The van der Waals surface area contributed by atoms with Crippen LogP contribution in [0.1, 0.15) is 36.4 Å². The summed E-state index contributed by atoms with van der Waals surface area (Å²) in [6.45, 7) is 6.14. The summed E-state index contributed by atoms with van der Waals surface area (Å²) >= 11 is 0. The van der Waals surface area contributed by atoms with E-state index in [0.717, 1.165) is 10.9 Å². The molecule has 1 aliphatic heterocycles. The van der Waals surface area contributed by atoms with Gasteiger partial charge in [-0.15, -0.1) is 0 Å². The number of alkyl halides is 3. The van der Waals surface area contributed by atoms with Gasteiger partial charge in [0, 0.05) is 30.1 Å². The topological polar surface area (TPSA) is 132 Å². The van der Waals surface area contributed by atoms with Gasteiger partial charge in [-0.3, -0.25) is 14.4 Å². The fraction of sp³-hybridized carbons (Fsp3) is 0.444. The van der Waals surface area contributed by atoms with E-state index in [2.05, 4.69) is 15.5 Å². The largest absolute Gasteiger partial charge is 0.436 e. The van der Waals surface area contributed by atoms with E-state index in [4.69, 9.17) is 4.52 Å². The van der Waals surface area contributed by atoms with E-state index in [1.165, 1.54) is 4.90 Å². The lowest BCUT2D eigenvalue weighted by Crippen LogP contribution is -2.52. The Morgan fingerprint density at radius 2 is 2.05 bits per heavy atom. The summed E-state index contributed by atoms with van der Waals surface area (Å²) < 4.78 is 43.3. The van der Waals surface area contributed by atoms with Gasteiger partial charge in [-0.25, -0.2) is 0 Å². The molecule has 2 aromatic heterocycles. The third-order valence-electron chi connectivity index (χ3n) is 7.95. The van der Waals surface area contributed by atoms with Gasteiger partial charge in [0.2, 0.25) is 11.8 Å². The highest BCUT2D eigenvalue weighted by molar-refractivity contribution is 5.90. The van der Waals surface area contributed by atoms with Crippen LogP contribution >= 0.6 is 0 Å². The molecule has 1 saturated carbocycles. The van der Waals surface area contributed by atoms with Crippen molar-refractivity contribution in [2.45, 2.75) is 51.9 Å². The second-order valence-electron chi connectivity index (χ2n) is 10.9. The quantitative estimate of drug-likeness (QED) is 0.493. The molecule has 2 N–H and O–H groups in total. The zero-order valence-corrected chi connectivity index (χ0v) is 21.4. The van der Waals surface area contributed by atoms with Gasteiger partial charge in [0.1, 0.15) is 17.8 Å². The number of hydrogen-bond acceptors (Lipinski definition) is 6. The number of rotatable bonds is 6. The Balaban J connectivity index is 1.32. The highest BCUT2D eigenvalue weighted by Crippen LogP contribution is 2.64. The first kappa shape index (κ1) is 26.5. The summed E-state index contributed by atoms with van der Waals surface area (Å²) in [6.07, 6.45) is -5.23. The lowest BCUT2D eigenvalue weighted by atomic mass is 9.99. The lowest BCUT2D eigenvalue weighted by Gasteiger charge is -2.30. The van der Waals surface area contributed by atoms with Gasteiger partial charge in [0.05, 0.1) is 12.5 Å². The average molecular weight is 542 g/mol. The van der Waals surface area contributed by atoms with Gasteiger partial charge < -0.3 is 19.7 Å². The predicted octanol–water partition coefficient (Wildman–Crippen LogP) is 3.12. The molecule has 3 aromatic rings. The van der Waals surface area contributed by atoms with Crippen LogP contribution in [0.5, 0.6) is 0 Å². The van der Waals surface area contributed by atoms with Crippen LogP contribution in [0.3, 0.4) is 0 Å². The number of halogens is 3. The van der Waals surface area contributed by atoms with Crippen LogP contribution in [-0.4, -0.2) is 45.5 Å². The molecule has 0 unspecified atom stereocenters. The Hall–Kier alpha value is -4.14. The smallest absolute Gasteiger partial charge is 0.360 e. The molecule has 3 heterocycles. The van der Waals surface area contributed by atoms with Crippen molar-refractivity contribution in [2.24, 2.45) is 17.3 Å². The van der Waals surface area contributed by atoms with Crippen molar-refractivity contribution in [1.82, 2.24) is 20.4 Å². The van der Waals surface area contributed by atoms with Crippen LogP contribution < -0.4 is 10.9 Å². The molecule has 0 spiro atoms. The zero-order chi connectivity index (χ0) is 28.3. The van der Waals surface area contributed by atoms with Gasteiger partial charge in [-0.2, -0.15) is 18.4 Å². The van der Waals surface area contributed by atoms with E-state index in [9.17, 15) is 32.8 Å². The van der Waals surface area contributed by atoms with Crippen molar-refractivity contribution < 1.29 is 27.3 Å².